The summed E-state index contributed by atoms with van der Waals surface area (Å²) in [6, 6.07) is 16.4. The van der Waals surface area contributed by atoms with Gasteiger partial charge >= 0.3 is 0 Å². The zero-order valence-corrected chi connectivity index (χ0v) is 18.1. The summed E-state index contributed by atoms with van der Waals surface area (Å²) in [6.07, 6.45) is 6.00. The summed E-state index contributed by atoms with van der Waals surface area (Å²) in [5, 5.41) is 0. The first-order chi connectivity index (χ1) is 15.2. The fourth-order valence-corrected chi connectivity index (χ4v) is 5.09. The lowest BCUT2D eigenvalue weighted by Crippen LogP contribution is -2.37. The van der Waals surface area contributed by atoms with Gasteiger partial charge in [0.25, 0.3) is 5.91 Å². The first-order valence-electron chi connectivity index (χ1n) is 11.6. The Morgan fingerprint density at radius 1 is 0.935 bits per heavy atom. The quantitative estimate of drug-likeness (QED) is 0.716. The molecule has 0 N–H and O–H groups in total. The maximum atomic E-state index is 13.3. The molecule has 5 heteroatoms. The Labute approximate surface area is 184 Å². The predicted octanol–water partition coefficient (Wildman–Crippen LogP) is 4.44. The van der Waals surface area contributed by atoms with Gasteiger partial charge < -0.3 is 19.1 Å². The van der Waals surface area contributed by atoms with Gasteiger partial charge in [-0.15, -0.1) is 0 Å². The van der Waals surface area contributed by atoms with Crippen LogP contribution in [0.5, 0.6) is 5.75 Å². The number of carbonyl (C=O) groups excluding carboxylic acids is 1. The maximum Gasteiger partial charge on any atom is 0.257 e. The van der Waals surface area contributed by atoms with E-state index in [1.807, 2.05) is 35.2 Å². The molecule has 1 spiro atoms. The topological polar surface area (TPSA) is 48.0 Å². The molecular formula is C26H31NO4. The van der Waals surface area contributed by atoms with Crippen molar-refractivity contribution in [2.75, 3.05) is 32.9 Å². The van der Waals surface area contributed by atoms with Gasteiger partial charge in [-0.1, -0.05) is 36.4 Å². The van der Waals surface area contributed by atoms with Gasteiger partial charge in [0.1, 0.15) is 12.4 Å². The molecule has 5 rings (SSSR count). The number of fused-ring (bicyclic) bond motifs is 1. The molecule has 3 aliphatic rings. The molecule has 0 bridgehead atoms. The number of benzene rings is 2. The van der Waals surface area contributed by atoms with E-state index in [2.05, 4.69) is 18.2 Å². The van der Waals surface area contributed by atoms with Crippen molar-refractivity contribution in [2.24, 2.45) is 5.92 Å². The van der Waals surface area contributed by atoms with Crippen LogP contribution >= 0.6 is 0 Å². The van der Waals surface area contributed by atoms with Crippen molar-refractivity contribution in [3.8, 4) is 5.75 Å². The number of nitrogens with zero attached hydrogens (tertiary/aromatic N) is 1. The first kappa shape index (κ1) is 20.5. The Morgan fingerprint density at radius 2 is 1.71 bits per heavy atom. The summed E-state index contributed by atoms with van der Waals surface area (Å²) in [4.78, 5) is 15.3. The highest BCUT2D eigenvalue weighted by Crippen LogP contribution is 2.39. The minimum absolute atomic E-state index is 0.0946. The molecule has 2 aromatic rings. The zero-order valence-electron chi connectivity index (χ0n) is 18.1. The Bertz CT molecular complexity index is 897. The van der Waals surface area contributed by atoms with Crippen LogP contribution in [0.25, 0.3) is 0 Å². The summed E-state index contributed by atoms with van der Waals surface area (Å²) >= 11 is 0. The Kier molecular flexibility index (Phi) is 5.97. The van der Waals surface area contributed by atoms with E-state index in [0.29, 0.717) is 30.4 Å². The molecule has 0 radical (unpaired) electrons. The van der Waals surface area contributed by atoms with E-state index in [9.17, 15) is 4.79 Å². The van der Waals surface area contributed by atoms with Gasteiger partial charge in [0.2, 0.25) is 0 Å². The van der Waals surface area contributed by atoms with Gasteiger partial charge in [0.05, 0.1) is 25.3 Å². The van der Waals surface area contributed by atoms with Crippen molar-refractivity contribution < 1.29 is 19.0 Å². The van der Waals surface area contributed by atoms with E-state index in [1.165, 1.54) is 5.56 Å². The molecule has 31 heavy (non-hydrogen) atoms. The number of rotatable bonds is 5. The third-order valence-electron chi connectivity index (χ3n) is 6.92. The van der Waals surface area contributed by atoms with E-state index >= 15 is 0 Å². The molecule has 1 amide bonds. The van der Waals surface area contributed by atoms with E-state index in [-0.39, 0.29) is 11.7 Å². The highest BCUT2D eigenvalue weighted by Gasteiger charge is 2.40. The van der Waals surface area contributed by atoms with Crippen LogP contribution in [0.4, 0.5) is 0 Å². The molecule has 2 aromatic carbocycles. The van der Waals surface area contributed by atoms with Crippen molar-refractivity contribution in [3.63, 3.8) is 0 Å². The summed E-state index contributed by atoms with van der Waals surface area (Å²) < 4.78 is 17.6. The van der Waals surface area contributed by atoms with Crippen molar-refractivity contribution in [3.05, 3.63) is 65.2 Å². The van der Waals surface area contributed by atoms with E-state index < -0.39 is 0 Å². The Balaban J connectivity index is 1.22. The molecule has 1 saturated carbocycles. The smallest absolute Gasteiger partial charge is 0.257 e. The largest absolute Gasteiger partial charge is 0.491 e. The molecule has 2 fully saturated rings. The summed E-state index contributed by atoms with van der Waals surface area (Å²) in [6.45, 7) is 3.41. The van der Waals surface area contributed by atoms with Crippen LogP contribution in [0.1, 0.15) is 53.6 Å². The number of hydrogen-bond donors (Lipinski definition) is 0. The van der Waals surface area contributed by atoms with E-state index in [0.717, 1.165) is 63.8 Å². The monoisotopic (exact) mass is 421 g/mol. The van der Waals surface area contributed by atoms with Crippen molar-refractivity contribution in [1.82, 2.24) is 4.90 Å². The molecule has 5 nitrogen and oxygen atoms in total. The predicted molar refractivity (Wildman–Crippen MR) is 118 cm³/mol. The van der Waals surface area contributed by atoms with Gasteiger partial charge in [-0.2, -0.15) is 0 Å². The zero-order chi connectivity index (χ0) is 21.1. The fraction of sp³-hybridized carbons (Fsp3) is 0.500. The number of amides is 1. The minimum Gasteiger partial charge on any atom is -0.491 e. The molecule has 164 valence electrons. The van der Waals surface area contributed by atoms with Crippen LogP contribution in [0.3, 0.4) is 0 Å². The molecular weight excluding hydrogens is 390 g/mol. The Morgan fingerprint density at radius 3 is 2.48 bits per heavy atom. The maximum absolute atomic E-state index is 13.3. The fourth-order valence-electron chi connectivity index (χ4n) is 5.09. The van der Waals surface area contributed by atoms with Crippen LogP contribution in [0, 0.1) is 5.92 Å². The number of ether oxygens (including phenoxy) is 3. The standard InChI is InChI=1S/C26H31NO4/c28-25-23-19-22(18-21-4-2-1-3-5-21)6-7-24(23)29-15-14-27(25)13-10-20-8-11-26(12-9-20)30-16-17-31-26/h1-7,19-20H,8-18H2. The van der Waals surface area contributed by atoms with Crippen LogP contribution in [0.2, 0.25) is 0 Å². The molecule has 1 aliphatic carbocycles. The average Bonchev–Trinajstić information content (AvgIpc) is 3.20. The molecule has 2 heterocycles. The first-order valence-corrected chi connectivity index (χ1v) is 11.6. The summed E-state index contributed by atoms with van der Waals surface area (Å²) in [5.74, 6) is 1.12. The van der Waals surface area contributed by atoms with Crippen molar-refractivity contribution in [2.45, 2.75) is 44.3 Å². The minimum atomic E-state index is -0.309. The lowest BCUT2D eigenvalue weighted by molar-refractivity contribution is -0.182. The number of hydrogen-bond acceptors (Lipinski definition) is 4. The van der Waals surface area contributed by atoms with Gasteiger partial charge in [-0.25, -0.2) is 0 Å². The van der Waals surface area contributed by atoms with Gasteiger partial charge in [-0.05, 0) is 54.9 Å². The molecule has 1 saturated heterocycles. The van der Waals surface area contributed by atoms with Crippen LogP contribution in [-0.2, 0) is 15.9 Å². The number of carbonyl (C=O) groups is 1. The van der Waals surface area contributed by atoms with Crippen LogP contribution < -0.4 is 4.74 Å². The van der Waals surface area contributed by atoms with Crippen molar-refractivity contribution >= 4 is 5.91 Å². The second-order valence-electron chi connectivity index (χ2n) is 8.97. The second-order valence-corrected chi connectivity index (χ2v) is 8.97. The third-order valence-corrected chi connectivity index (χ3v) is 6.92. The van der Waals surface area contributed by atoms with Crippen LogP contribution in [0.15, 0.2) is 48.5 Å². The van der Waals surface area contributed by atoms with Crippen LogP contribution in [-0.4, -0.2) is 49.5 Å². The highest BCUT2D eigenvalue weighted by atomic mass is 16.7. The lowest BCUT2D eigenvalue weighted by Gasteiger charge is -2.36. The Hall–Kier alpha value is -2.37. The third kappa shape index (κ3) is 4.63. The molecule has 0 atom stereocenters. The van der Waals surface area contributed by atoms with Gasteiger partial charge in [-0.3, -0.25) is 4.79 Å². The normalized spacial score (nSPS) is 21.0. The molecule has 0 unspecified atom stereocenters. The highest BCUT2D eigenvalue weighted by molar-refractivity contribution is 5.97. The van der Waals surface area contributed by atoms with Crippen molar-refractivity contribution in [1.29, 1.82) is 0 Å². The summed E-state index contributed by atoms with van der Waals surface area (Å²) in [7, 11) is 0. The average molecular weight is 422 g/mol. The van der Waals surface area contributed by atoms with Gasteiger partial charge in [0.15, 0.2) is 5.79 Å². The SMILES string of the molecule is O=C1c2cc(Cc3ccccc3)ccc2OCCN1CCC1CCC2(CC1)OCCO2. The van der Waals surface area contributed by atoms with Gasteiger partial charge in [0, 0.05) is 19.4 Å². The molecule has 2 aliphatic heterocycles. The van der Waals surface area contributed by atoms with E-state index in [1.54, 1.807) is 0 Å². The summed E-state index contributed by atoms with van der Waals surface area (Å²) in [5.41, 5.74) is 3.07. The lowest BCUT2D eigenvalue weighted by atomic mass is 9.83. The second kappa shape index (κ2) is 9.01. The van der Waals surface area contributed by atoms with E-state index in [4.69, 9.17) is 14.2 Å². The molecule has 0 aromatic heterocycles.